The van der Waals surface area contributed by atoms with Gasteiger partial charge in [0.2, 0.25) is 0 Å². The Labute approximate surface area is 103 Å². The number of nitrogens with one attached hydrogen (secondary N) is 1. The summed E-state index contributed by atoms with van der Waals surface area (Å²) in [5.41, 5.74) is -0.978. The summed E-state index contributed by atoms with van der Waals surface area (Å²) in [7, 11) is 0. The molecule has 1 saturated heterocycles. The lowest BCUT2D eigenvalue weighted by molar-refractivity contribution is -0.141. The van der Waals surface area contributed by atoms with Gasteiger partial charge in [0.15, 0.2) is 5.69 Å². The Morgan fingerprint density at radius 2 is 2.11 bits per heavy atom. The number of hydrogen-bond acceptors (Lipinski definition) is 4. The van der Waals surface area contributed by atoms with Gasteiger partial charge >= 0.3 is 6.18 Å². The fourth-order valence-electron chi connectivity index (χ4n) is 1.90. The van der Waals surface area contributed by atoms with E-state index in [4.69, 9.17) is 4.74 Å². The summed E-state index contributed by atoms with van der Waals surface area (Å²) in [4.78, 5) is 0. The molecule has 1 aromatic heterocycles. The van der Waals surface area contributed by atoms with Crippen LogP contribution in [0.15, 0.2) is 12.1 Å². The number of aromatic nitrogens is 2. The highest BCUT2D eigenvalue weighted by molar-refractivity contribution is 5.34. The molecule has 2 rings (SSSR count). The first kappa shape index (κ1) is 13.1. The number of alkyl halides is 3. The largest absolute Gasteiger partial charge is 0.435 e. The monoisotopic (exact) mass is 261 g/mol. The zero-order valence-electron chi connectivity index (χ0n) is 9.87. The van der Waals surface area contributed by atoms with Crippen LogP contribution in [0.1, 0.15) is 25.5 Å². The maximum absolute atomic E-state index is 12.3. The van der Waals surface area contributed by atoms with Crippen LogP contribution < -0.4 is 5.32 Å². The number of anilines is 1. The second-order valence-electron chi connectivity index (χ2n) is 4.35. The van der Waals surface area contributed by atoms with Gasteiger partial charge in [0.05, 0.1) is 6.10 Å². The number of hydrogen-bond donors (Lipinski definition) is 1. The minimum atomic E-state index is -4.45. The van der Waals surface area contributed by atoms with Crippen LogP contribution in [0.25, 0.3) is 0 Å². The van der Waals surface area contributed by atoms with E-state index in [1.807, 2.05) is 6.92 Å². The van der Waals surface area contributed by atoms with Crippen molar-refractivity contribution in [1.82, 2.24) is 10.2 Å². The lowest BCUT2D eigenvalue weighted by atomic mass is 10.0. The predicted molar refractivity (Wildman–Crippen MR) is 59.1 cm³/mol. The third kappa shape index (κ3) is 3.32. The molecule has 18 heavy (non-hydrogen) atoms. The topological polar surface area (TPSA) is 47.0 Å². The number of halogens is 3. The van der Waals surface area contributed by atoms with E-state index in [-0.39, 0.29) is 12.1 Å². The molecule has 100 valence electrons. The lowest BCUT2D eigenvalue weighted by Crippen LogP contribution is -2.32. The van der Waals surface area contributed by atoms with Crippen molar-refractivity contribution in [3.05, 3.63) is 17.8 Å². The van der Waals surface area contributed by atoms with Crippen molar-refractivity contribution in [3.63, 3.8) is 0 Å². The molecule has 0 amide bonds. The van der Waals surface area contributed by atoms with Gasteiger partial charge in [0, 0.05) is 12.6 Å². The normalized spacial score (nSPS) is 24.9. The van der Waals surface area contributed by atoms with Crippen LogP contribution in [-0.2, 0) is 10.9 Å². The molecule has 7 heteroatoms. The molecule has 0 spiro atoms. The molecule has 0 aromatic carbocycles. The summed E-state index contributed by atoms with van der Waals surface area (Å²) in [6, 6.07) is 2.40. The van der Waals surface area contributed by atoms with Crippen molar-refractivity contribution in [2.45, 2.75) is 38.1 Å². The molecular weight excluding hydrogens is 247 g/mol. The summed E-state index contributed by atoms with van der Waals surface area (Å²) in [6.45, 7) is 2.61. The molecular formula is C11H14F3N3O. The van der Waals surface area contributed by atoms with E-state index in [2.05, 4.69) is 15.5 Å². The molecule has 0 saturated carbocycles. The van der Waals surface area contributed by atoms with E-state index in [0.717, 1.165) is 18.9 Å². The zero-order chi connectivity index (χ0) is 13.2. The molecule has 1 aromatic rings. The van der Waals surface area contributed by atoms with E-state index in [1.54, 1.807) is 0 Å². The van der Waals surface area contributed by atoms with E-state index in [0.29, 0.717) is 12.4 Å². The highest BCUT2D eigenvalue weighted by Crippen LogP contribution is 2.27. The average molecular weight is 261 g/mol. The van der Waals surface area contributed by atoms with Crippen LogP contribution in [0.4, 0.5) is 19.0 Å². The average Bonchev–Trinajstić information content (AvgIpc) is 2.28. The van der Waals surface area contributed by atoms with E-state index >= 15 is 0 Å². The van der Waals surface area contributed by atoms with Crippen LogP contribution in [0.3, 0.4) is 0 Å². The second kappa shape index (κ2) is 5.09. The Morgan fingerprint density at radius 3 is 2.67 bits per heavy atom. The van der Waals surface area contributed by atoms with E-state index in [9.17, 15) is 13.2 Å². The first-order valence-electron chi connectivity index (χ1n) is 5.74. The first-order valence-corrected chi connectivity index (χ1v) is 5.74. The number of nitrogens with zero attached hydrogens (tertiary/aromatic N) is 2. The minimum absolute atomic E-state index is 0.152. The third-order valence-corrected chi connectivity index (χ3v) is 2.79. The quantitative estimate of drug-likeness (QED) is 0.888. The molecule has 1 fully saturated rings. The molecule has 2 atom stereocenters. The van der Waals surface area contributed by atoms with Crippen molar-refractivity contribution < 1.29 is 17.9 Å². The van der Waals surface area contributed by atoms with Crippen LogP contribution in [0, 0.1) is 0 Å². The van der Waals surface area contributed by atoms with Gasteiger partial charge in [0.25, 0.3) is 0 Å². The van der Waals surface area contributed by atoms with Gasteiger partial charge in [-0.1, -0.05) is 0 Å². The van der Waals surface area contributed by atoms with Crippen molar-refractivity contribution in [1.29, 1.82) is 0 Å². The Balaban J connectivity index is 1.98. The molecule has 0 radical (unpaired) electrons. The Morgan fingerprint density at radius 1 is 1.33 bits per heavy atom. The second-order valence-corrected chi connectivity index (χ2v) is 4.35. The van der Waals surface area contributed by atoms with Gasteiger partial charge in [-0.3, -0.25) is 0 Å². The molecule has 2 heterocycles. The Hall–Kier alpha value is -1.37. The smallest absolute Gasteiger partial charge is 0.378 e. The van der Waals surface area contributed by atoms with Gasteiger partial charge in [-0.05, 0) is 31.9 Å². The van der Waals surface area contributed by atoms with Crippen LogP contribution in [0.2, 0.25) is 0 Å². The fourth-order valence-corrected chi connectivity index (χ4v) is 1.90. The van der Waals surface area contributed by atoms with Crippen molar-refractivity contribution >= 4 is 5.82 Å². The fraction of sp³-hybridized carbons (Fsp3) is 0.636. The third-order valence-electron chi connectivity index (χ3n) is 2.79. The molecule has 1 aliphatic heterocycles. The predicted octanol–water partition coefficient (Wildman–Crippen LogP) is 2.47. The highest BCUT2D eigenvalue weighted by atomic mass is 19.4. The molecule has 1 N–H and O–H groups in total. The molecule has 1 aliphatic rings. The van der Waals surface area contributed by atoms with Crippen molar-refractivity contribution in [2.24, 2.45) is 0 Å². The Kier molecular flexibility index (Phi) is 3.70. The van der Waals surface area contributed by atoms with Crippen molar-refractivity contribution in [3.8, 4) is 0 Å². The molecule has 4 nitrogen and oxygen atoms in total. The summed E-state index contributed by atoms with van der Waals surface area (Å²) >= 11 is 0. The summed E-state index contributed by atoms with van der Waals surface area (Å²) in [5, 5.41) is 9.78. The first-order chi connectivity index (χ1) is 8.45. The van der Waals surface area contributed by atoms with Crippen LogP contribution >= 0.6 is 0 Å². The SMILES string of the molecule is CC1CC(Nc2ccc(C(F)(F)F)nn2)CCO1. The summed E-state index contributed by atoms with van der Waals surface area (Å²) in [6.07, 6.45) is -2.67. The van der Waals surface area contributed by atoms with Crippen LogP contribution in [0.5, 0.6) is 0 Å². The van der Waals surface area contributed by atoms with Gasteiger partial charge in [-0.25, -0.2) is 0 Å². The lowest BCUT2D eigenvalue weighted by Gasteiger charge is -2.28. The highest BCUT2D eigenvalue weighted by Gasteiger charge is 2.33. The molecule has 0 aliphatic carbocycles. The maximum Gasteiger partial charge on any atom is 0.435 e. The van der Waals surface area contributed by atoms with E-state index < -0.39 is 11.9 Å². The van der Waals surface area contributed by atoms with Crippen molar-refractivity contribution in [2.75, 3.05) is 11.9 Å². The summed E-state index contributed by atoms with van der Waals surface area (Å²) < 4.78 is 42.3. The van der Waals surface area contributed by atoms with E-state index in [1.165, 1.54) is 6.07 Å². The van der Waals surface area contributed by atoms with Gasteiger partial charge in [0.1, 0.15) is 5.82 Å². The number of rotatable bonds is 2. The minimum Gasteiger partial charge on any atom is -0.378 e. The summed E-state index contributed by atoms with van der Waals surface area (Å²) in [5.74, 6) is 0.363. The maximum atomic E-state index is 12.3. The van der Waals surface area contributed by atoms with Crippen LogP contribution in [-0.4, -0.2) is 29.0 Å². The Bertz CT molecular complexity index is 394. The van der Waals surface area contributed by atoms with Gasteiger partial charge in [-0.2, -0.15) is 13.2 Å². The molecule has 2 unspecified atom stereocenters. The number of ether oxygens (including phenoxy) is 1. The van der Waals surface area contributed by atoms with Gasteiger partial charge < -0.3 is 10.1 Å². The zero-order valence-corrected chi connectivity index (χ0v) is 9.87. The standard InChI is InChI=1S/C11H14F3N3O/c1-7-6-8(4-5-18-7)15-10-3-2-9(16-17-10)11(12,13)14/h2-3,7-8H,4-6H2,1H3,(H,15,17). The molecule has 0 bridgehead atoms. The van der Waals surface area contributed by atoms with Gasteiger partial charge in [-0.15, -0.1) is 10.2 Å².